The molecular weight excluding hydrogens is 320 g/mol. The highest BCUT2D eigenvalue weighted by atomic mass is 16.5. The maximum atomic E-state index is 11.7. The van der Waals surface area contributed by atoms with E-state index in [0.717, 1.165) is 51.4 Å². The fourth-order valence-electron chi connectivity index (χ4n) is 2.41. The third kappa shape index (κ3) is 15.7. The van der Waals surface area contributed by atoms with Gasteiger partial charge in [-0.3, -0.25) is 4.79 Å². The minimum absolute atomic E-state index is 0.0389. The van der Waals surface area contributed by atoms with Gasteiger partial charge >= 0.3 is 5.97 Å². The van der Waals surface area contributed by atoms with Gasteiger partial charge in [-0.25, -0.2) is 0 Å². The van der Waals surface area contributed by atoms with Gasteiger partial charge in [0.15, 0.2) is 0 Å². The molecule has 2 nitrogen and oxygen atoms in total. The third-order valence-corrected chi connectivity index (χ3v) is 3.95. The quantitative estimate of drug-likeness (QED) is 0.230. The predicted octanol–water partition coefficient (Wildman–Crippen LogP) is 7.11. The number of hydrogen-bond acceptors (Lipinski definition) is 2. The van der Waals surface area contributed by atoms with Crippen LogP contribution in [-0.2, 0) is 9.53 Å². The number of allylic oxidation sites excluding steroid dienone is 10. The van der Waals surface area contributed by atoms with Crippen LogP contribution >= 0.6 is 0 Å². The molecule has 0 aliphatic heterocycles. The number of ether oxygens (including phenoxy) is 1. The van der Waals surface area contributed by atoms with E-state index in [4.69, 9.17) is 4.74 Å². The average molecular weight is 359 g/mol. The van der Waals surface area contributed by atoms with Gasteiger partial charge in [0.2, 0.25) is 0 Å². The lowest BCUT2D eigenvalue weighted by atomic mass is 10.0. The van der Waals surface area contributed by atoms with Gasteiger partial charge in [0.05, 0.1) is 12.5 Å². The summed E-state index contributed by atoms with van der Waals surface area (Å²) in [6.07, 6.45) is 29.7. The van der Waals surface area contributed by atoms with E-state index in [2.05, 4.69) is 67.7 Å². The molecule has 0 N–H and O–H groups in total. The highest BCUT2D eigenvalue weighted by molar-refractivity contribution is 5.72. The summed E-state index contributed by atoms with van der Waals surface area (Å²) in [5, 5.41) is 0. The Morgan fingerprint density at radius 2 is 1.19 bits per heavy atom. The maximum absolute atomic E-state index is 11.7. The van der Waals surface area contributed by atoms with E-state index in [0.29, 0.717) is 6.61 Å². The summed E-state index contributed by atoms with van der Waals surface area (Å²) in [5.74, 6) is -0.0145. The first-order valence-corrected chi connectivity index (χ1v) is 10.2. The molecule has 0 bridgehead atoms. The van der Waals surface area contributed by atoms with Crippen LogP contribution in [0.4, 0.5) is 0 Å². The zero-order chi connectivity index (χ0) is 19.3. The summed E-state index contributed by atoms with van der Waals surface area (Å²) in [4.78, 5) is 11.7. The molecule has 0 saturated heterocycles. The second-order valence-electron chi connectivity index (χ2n) is 6.14. The van der Waals surface area contributed by atoms with Crippen LogP contribution in [0.3, 0.4) is 0 Å². The van der Waals surface area contributed by atoms with Crippen LogP contribution in [0, 0.1) is 5.92 Å². The summed E-state index contributed by atoms with van der Waals surface area (Å²) in [6.45, 7) is 6.52. The van der Waals surface area contributed by atoms with Crippen molar-refractivity contribution in [2.75, 3.05) is 6.61 Å². The van der Waals surface area contributed by atoms with Gasteiger partial charge in [0.25, 0.3) is 0 Å². The summed E-state index contributed by atoms with van der Waals surface area (Å²) in [6, 6.07) is 0. The molecule has 26 heavy (non-hydrogen) atoms. The summed E-state index contributed by atoms with van der Waals surface area (Å²) in [5.41, 5.74) is 0. The first-order chi connectivity index (χ1) is 12.8. The normalized spacial score (nSPS) is 13.8. The Labute approximate surface area is 161 Å². The van der Waals surface area contributed by atoms with Crippen molar-refractivity contribution in [3.63, 3.8) is 0 Å². The molecule has 0 radical (unpaired) electrons. The molecule has 146 valence electrons. The van der Waals surface area contributed by atoms with Crippen LogP contribution < -0.4 is 0 Å². The van der Waals surface area contributed by atoms with Gasteiger partial charge in [-0.15, -0.1) is 0 Å². The number of carbonyl (C=O) groups excluding carboxylic acids is 1. The molecule has 0 amide bonds. The second kappa shape index (κ2) is 19.5. The molecular formula is C24H38O2. The Balaban J connectivity index is 3.70. The SMILES string of the molecule is CC/C=C\C/C=C\C/C=C\C/C=C\C/C=C\CCC(CC)C(=O)OCC. The number of hydrogen-bond donors (Lipinski definition) is 0. The van der Waals surface area contributed by atoms with Gasteiger partial charge < -0.3 is 4.74 Å². The van der Waals surface area contributed by atoms with Crippen molar-refractivity contribution in [2.45, 2.75) is 72.1 Å². The second-order valence-corrected chi connectivity index (χ2v) is 6.14. The fraction of sp³-hybridized carbons (Fsp3) is 0.542. The molecule has 0 aromatic carbocycles. The Bertz CT molecular complexity index is 467. The lowest BCUT2D eigenvalue weighted by molar-refractivity contribution is -0.148. The van der Waals surface area contributed by atoms with Crippen molar-refractivity contribution >= 4 is 5.97 Å². The Morgan fingerprint density at radius 1 is 0.731 bits per heavy atom. The fourth-order valence-corrected chi connectivity index (χ4v) is 2.41. The average Bonchev–Trinajstić information content (AvgIpc) is 2.64. The van der Waals surface area contributed by atoms with Crippen molar-refractivity contribution in [1.82, 2.24) is 0 Å². The van der Waals surface area contributed by atoms with Gasteiger partial charge in [-0.05, 0) is 58.3 Å². The first kappa shape index (κ1) is 24.2. The maximum Gasteiger partial charge on any atom is 0.308 e. The smallest absolute Gasteiger partial charge is 0.308 e. The molecule has 0 saturated carbocycles. The van der Waals surface area contributed by atoms with Crippen molar-refractivity contribution < 1.29 is 9.53 Å². The Kier molecular flexibility index (Phi) is 18.1. The van der Waals surface area contributed by atoms with E-state index >= 15 is 0 Å². The van der Waals surface area contributed by atoms with Crippen molar-refractivity contribution in [3.05, 3.63) is 60.8 Å². The molecule has 0 fully saturated rings. The minimum Gasteiger partial charge on any atom is -0.466 e. The van der Waals surface area contributed by atoms with Crippen LogP contribution in [0.1, 0.15) is 72.1 Å². The van der Waals surface area contributed by atoms with Gasteiger partial charge in [-0.1, -0.05) is 74.6 Å². The number of carbonyl (C=O) groups is 1. The van der Waals surface area contributed by atoms with Crippen molar-refractivity contribution in [3.8, 4) is 0 Å². The summed E-state index contributed by atoms with van der Waals surface area (Å²) in [7, 11) is 0. The monoisotopic (exact) mass is 358 g/mol. The van der Waals surface area contributed by atoms with Crippen LogP contribution in [0.2, 0.25) is 0 Å². The molecule has 0 aliphatic carbocycles. The van der Waals surface area contributed by atoms with Crippen LogP contribution in [0.15, 0.2) is 60.8 Å². The third-order valence-electron chi connectivity index (χ3n) is 3.95. The molecule has 1 atom stereocenters. The minimum atomic E-state index is -0.0534. The van der Waals surface area contributed by atoms with Gasteiger partial charge in [-0.2, -0.15) is 0 Å². The standard InChI is InChI=1S/C24H38O2/c1-4-7-8-9-10-11-12-13-14-15-16-17-18-19-20-21-22-23(5-2)24(25)26-6-3/h7-8,10-11,13-14,16-17,19-20,23H,4-6,9,12,15,18,21-22H2,1-3H3/b8-7-,11-10-,14-13-,17-16-,20-19-. The molecule has 0 aromatic rings. The molecule has 0 spiro atoms. The summed E-state index contributed by atoms with van der Waals surface area (Å²) >= 11 is 0. The number of rotatable bonds is 15. The molecule has 0 heterocycles. The van der Waals surface area contributed by atoms with E-state index in [9.17, 15) is 4.79 Å². The zero-order valence-corrected chi connectivity index (χ0v) is 17.0. The number of esters is 1. The highest BCUT2D eigenvalue weighted by Gasteiger charge is 2.15. The zero-order valence-electron chi connectivity index (χ0n) is 17.0. The first-order valence-electron chi connectivity index (χ1n) is 10.2. The molecule has 2 heteroatoms. The molecule has 0 aliphatic rings. The van der Waals surface area contributed by atoms with Gasteiger partial charge in [0, 0.05) is 0 Å². The molecule has 0 aromatic heterocycles. The van der Waals surface area contributed by atoms with Crippen LogP contribution in [0.25, 0.3) is 0 Å². The van der Waals surface area contributed by atoms with E-state index in [-0.39, 0.29) is 11.9 Å². The highest BCUT2D eigenvalue weighted by Crippen LogP contribution is 2.13. The van der Waals surface area contributed by atoms with E-state index in [1.807, 2.05) is 13.8 Å². The van der Waals surface area contributed by atoms with Crippen LogP contribution in [-0.4, -0.2) is 12.6 Å². The van der Waals surface area contributed by atoms with Crippen molar-refractivity contribution in [1.29, 1.82) is 0 Å². The van der Waals surface area contributed by atoms with E-state index in [1.54, 1.807) is 0 Å². The predicted molar refractivity (Wildman–Crippen MR) is 114 cm³/mol. The van der Waals surface area contributed by atoms with Crippen molar-refractivity contribution in [2.24, 2.45) is 5.92 Å². The largest absolute Gasteiger partial charge is 0.466 e. The van der Waals surface area contributed by atoms with Gasteiger partial charge in [0.1, 0.15) is 0 Å². The lowest BCUT2D eigenvalue weighted by Crippen LogP contribution is -2.16. The molecule has 1 unspecified atom stereocenters. The van der Waals surface area contributed by atoms with Crippen LogP contribution in [0.5, 0.6) is 0 Å². The lowest BCUT2D eigenvalue weighted by Gasteiger charge is -2.11. The van der Waals surface area contributed by atoms with E-state index in [1.165, 1.54) is 0 Å². The topological polar surface area (TPSA) is 26.3 Å². The molecule has 0 rings (SSSR count). The summed E-state index contributed by atoms with van der Waals surface area (Å²) < 4.78 is 5.09. The van der Waals surface area contributed by atoms with E-state index < -0.39 is 0 Å². The Morgan fingerprint density at radius 3 is 1.62 bits per heavy atom. The Hall–Kier alpha value is -1.83.